The standard InChI is InChI=1S/C15H32N2/c1-4-12-17(6-3)15(13-16)10-7-8-14(5-2)9-11-15/h14H,4-13,16H2,1-3H3. The summed E-state index contributed by atoms with van der Waals surface area (Å²) in [6.07, 6.45) is 9.39. The minimum absolute atomic E-state index is 0.314. The number of nitrogens with zero attached hydrogens (tertiary/aromatic N) is 1. The van der Waals surface area contributed by atoms with Gasteiger partial charge >= 0.3 is 0 Å². The summed E-state index contributed by atoms with van der Waals surface area (Å²) in [7, 11) is 0. The summed E-state index contributed by atoms with van der Waals surface area (Å²) in [5.74, 6) is 0.948. The molecule has 1 aliphatic rings. The molecule has 0 aliphatic heterocycles. The number of likely N-dealkylation sites (N-methyl/N-ethyl adjacent to an activating group) is 1. The van der Waals surface area contributed by atoms with E-state index in [0.717, 1.165) is 19.0 Å². The molecule has 2 nitrogen and oxygen atoms in total. The molecule has 1 fully saturated rings. The largest absolute Gasteiger partial charge is 0.329 e. The van der Waals surface area contributed by atoms with Crippen LogP contribution in [0.5, 0.6) is 0 Å². The van der Waals surface area contributed by atoms with Crippen molar-refractivity contribution in [2.75, 3.05) is 19.6 Å². The average Bonchev–Trinajstić information content (AvgIpc) is 2.58. The fourth-order valence-corrected chi connectivity index (χ4v) is 3.52. The highest BCUT2D eigenvalue weighted by Crippen LogP contribution is 2.35. The maximum atomic E-state index is 6.16. The van der Waals surface area contributed by atoms with Crippen molar-refractivity contribution in [1.82, 2.24) is 4.90 Å². The van der Waals surface area contributed by atoms with Crippen molar-refractivity contribution in [2.24, 2.45) is 11.7 Å². The molecule has 0 heterocycles. The van der Waals surface area contributed by atoms with Crippen molar-refractivity contribution >= 4 is 0 Å². The van der Waals surface area contributed by atoms with Gasteiger partial charge in [0.2, 0.25) is 0 Å². The second-order valence-corrected chi connectivity index (χ2v) is 5.71. The molecule has 0 aromatic rings. The van der Waals surface area contributed by atoms with Crippen molar-refractivity contribution in [3.63, 3.8) is 0 Å². The van der Waals surface area contributed by atoms with Gasteiger partial charge < -0.3 is 5.73 Å². The monoisotopic (exact) mass is 240 g/mol. The van der Waals surface area contributed by atoms with Crippen molar-refractivity contribution < 1.29 is 0 Å². The quantitative estimate of drug-likeness (QED) is 0.721. The Balaban J connectivity index is 2.72. The first-order chi connectivity index (χ1) is 8.22. The lowest BCUT2D eigenvalue weighted by Crippen LogP contribution is -2.53. The molecule has 0 bridgehead atoms. The van der Waals surface area contributed by atoms with Crippen LogP contribution in [0.4, 0.5) is 0 Å². The summed E-state index contributed by atoms with van der Waals surface area (Å²) in [4.78, 5) is 2.66. The van der Waals surface area contributed by atoms with Gasteiger partial charge in [0.05, 0.1) is 0 Å². The summed E-state index contributed by atoms with van der Waals surface area (Å²) in [6.45, 7) is 10.1. The second kappa shape index (κ2) is 7.38. The molecular formula is C15H32N2. The van der Waals surface area contributed by atoms with E-state index in [1.165, 1.54) is 51.5 Å². The molecule has 1 saturated carbocycles. The third kappa shape index (κ3) is 3.69. The molecule has 17 heavy (non-hydrogen) atoms. The Labute approximate surface area is 108 Å². The molecule has 2 unspecified atom stereocenters. The van der Waals surface area contributed by atoms with Crippen LogP contribution >= 0.6 is 0 Å². The van der Waals surface area contributed by atoms with Gasteiger partial charge in [0.25, 0.3) is 0 Å². The second-order valence-electron chi connectivity index (χ2n) is 5.71. The van der Waals surface area contributed by atoms with Crippen LogP contribution in [0.2, 0.25) is 0 Å². The molecule has 0 radical (unpaired) electrons. The third-order valence-corrected chi connectivity index (χ3v) is 4.78. The molecular weight excluding hydrogens is 208 g/mol. The molecule has 2 atom stereocenters. The molecule has 102 valence electrons. The first-order valence-electron chi connectivity index (χ1n) is 7.67. The van der Waals surface area contributed by atoms with Gasteiger partial charge in [0, 0.05) is 12.1 Å². The molecule has 0 spiro atoms. The van der Waals surface area contributed by atoms with Crippen molar-refractivity contribution in [3.05, 3.63) is 0 Å². The summed E-state index contributed by atoms with van der Waals surface area (Å²) in [5.41, 5.74) is 6.47. The van der Waals surface area contributed by atoms with E-state index < -0.39 is 0 Å². The van der Waals surface area contributed by atoms with Crippen LogP contribution in [0.1, 0.15) is 65.7 Å². The van der Waals surface area contributed by atoms with Crippen LogP contribution in [-0.2, 0) is 0 Å². The zero-order chi connectivity index (χ0) is 12.7. The Hall–Kier alpha value is -0.0800. The Morgan fingerprint density at radius 1 is 1.18 bits per heavy atom. The van der Waals surface area contributed by atoms with Crippen LogP contribution in [0, 0.1) is 5.92 Å². The summed E-state index contributed by atoms with van der Waals surface area (Å²) in [6, 6.07) is 0. The molecule has 0 amide bonds. The topological polar surface area (TPSA) is 29.3 Å². The van der Waals surface area contributed by atoms with Crippen LogP contribution in [0.3, 0.4) is 0 Å². The minimum atomic E-state index is 0.314. The lowest BCUT2D eigenvalue weighted by atomic mass is 9.87. The maximum Gasteiger partial charge on any atom is 0.0331 e. The van der Waals surface area contributed by atoms with Gasteiger partial charge in [-0.15, -0.1) is 0 Å². The molecule has 0 aromatic carbocycles. The van der Waals surface area contributed by atoms with E-state index in [0.29, 0.717) is 5.54 Å². The average molecular weight is 240 g/mol. The SMILES string of the molecule is CCCN(CC)C1(CN)CCCC(CC)CC1. The van der Waals surface area contributed by atoms with Gasteiger partial charge in [0.15, 0.2) is 0 Å². The molecule has 1 aliphatic carbocycles. The Kier molecular flexibility index (Phi) is 6.50. The Morgan fingerprint density at radius 3 is 2.47 bits per heavy atom. The lowest BCUT2D eigenvalue weighted by molar-refractivity contribution is 0.0824. The van der Waals surface area contributed by atoms with Crippen LogP contribution in [-0.4, -0.2) is 30.1 Å². The van der Waals surface area contributed by atoms with Gasteiger partial charge in [-0.3, -0.25) is 4.90 Å². The smallest absolute Gasteiger partial charge is 0.0331 e. The van der Waals surface area contributed by atoms with E-state index in [9.17, 15) is 0 Å². The van der Waals surface area contributed by atoms with E-state index in [2.05, 4.69) is 25.7 Å². The van der Waals surface area contributed by atoms with Crippen molar-refractivity contribution in [1.29, 1.82) is 0 Å². The summed E-state index contributed by atoms with van der Waals surface area (Å²) in [5, 5.41) is 0. The first kappa shape index (κ1) is 15.0. The fourth-order valence-electron chi connectivity index (χ4n) is 3.52. The predicted molar refractivity (Wildman–Crippen MR) is 76.2 cm³/mol. The Morgan fingerprint density at radius 2 is 1.94 bits per heavy atom. The fraction of sp³-hybridized carbons (Fsp3) is 1.00. The predicted octanol–water partition coefficient (Wildman–Crippen LogP) is 3.41. The van der Waals surface area contributed by atoms with Crippen LogP contribution in [0.25, 0.3) is 0 Å². The highest BCUT2D eigenvalue weighted by molar-refractivity contribution is 4.93. The number of nitrogens with two attached hydrogens (primary N) is 1. The first-order valence-corrected chi connectivity index (χ1v) is 7.67. The van der Waals surface area contributed by atoms with E-state index in [4.69, 9.17) is 5.73 Å². The van der Waals surface area contributed by atoms with Gasteiger partial charge in [-0.1, -0.05) is 40.0 Å². The van der Waals surface area contributed by atoms with Crippen molar-refractivity contribution in [2.45, 2.75) is 71.3 Å². The zero-order valence-corrected chi connectivity index (χ0v) is 12.2. The maximum absolute atomic E-state index is 6.16. The highest BCUT2D eigenvalue weighted by atomic mass is 15.2. The molecule has 0 saturated heterocycles. The van der Waals surface area contributed by atoms with E-state index in [1.54, 1.807) is 0 Å². The van der Waals surface area contributed by atoms with E-state index in [1.807, 2.05) is 0 Å². The Bertz CT molecular complexity index is 205. The summed E-state index contributed by atoms with van der Waals surface area (Å²) >= 11 is 0. The van der Waals surface area contributed by atoms with Crippen molar-refractivity contribution in [3.8, 4) is 0 Å². The highest BCUT2D eigenvalue weighted by Gasteiger charge is 2.35. The molecule has 1 rings (SSSR count). The van der Waals surface area contributed by atoms with Gasteiger partial charge in [-0.2, -0.15) is 0 Å². The molecule has 2 N–H and O–H groups in total. The molecule has 2 heteroatoms. The molecule has 0 aromatic heterocycles. The third-order valence-electron chi connectivity index (χ3n) is 4.78. The summed E-state index contributed by atoms with van der Waals surface area (Å²) < 4.78 is 0. The van der Waals surface area contributed by atoms with Crippen LogP contribution in [0.15, 0.2) is 0 Å². The number of hydrogen-bond donors (Lipinski definition) is 1. The van der Waals surface area contributed by atoms with Gasteiger partial charge in [-0.25, -0.2) is 0 Å². The van der Waals surface area contributed by atoms with Crippen LogP contribution < -0.4 is 5.73 Å². The van der Waals surface area contributed by atoms with Gasteiger partial charge in [0.1, 0.15) is 0 Å². The number of rotatable bonds is 6. The minimum Gasteiger partial charge on any atom is -0.329 e. The number of hydrogen-bond acceptors (Lipinski definition) is 2. The zero-order valence-electron chi connectivity index (χ0n) is 12.2. The van der Waals surface area contributed by atoms with E-state index in [-0.39, 0.29) is 0 Å². The normalized spacial score (nSPS) is 30.5. The van der Waals surface area contributed by atoms with E-state index >= 15 is 0 Å². The lowest BCUT2D eigenvalue weighted by Gasteiger charge is -2.43. The van der Waals surface area contributed by atoms with Gasteiger partial charge in [-0.05, 0) is 44.7 Å².